The highest BCUT2D eigenvalue weighted by Crippen LogP contribution is 2.39. The summed E-state index contributed by atoms with van der Waals surface area (Å²) in [7, 11) is 6.27. The predicted molar refractivity (Wildman–Crippen MR) is 201 cm³/mol. The van der Waals surface area contributed by atoms with Crippen LogP contribution in [0.2, 0.25) is 25.7 Å². The third-order valence-electron chi connectivity index (χ3n) is 7.65. The Hall–Kier alpha value is -4.24. The molecule has 49 heavy (non-hydrogen) atoms. The van der Waals surface area contributed by atoms with Crippen molar-refractivity contribution in [1.29, 1.82) is 0 Å². The molecule has 0 aliphatic heterocycles. The lowest BCUT2D eigenvalue weighted by atomic mass is 10.1. The summed E-state index contributed by atoms with van der Waals surface area (Å²) in [5.74, 6) is 0.170. The van der Waals surface area contributed by atoms with Crippen molar-refractivity contribution < 1.29 is 18.7 Å². The molecule has 0 saturated carbocycles. The largest absolute Gasteiger partial charge is 0.494 e. The number of anilines is 4. The molecule has 0 fully saturated rings. The predicted octanol–water partition coefficient (Wildman–Crippen LogP) is 7.05. The van der Waals surface area contributed by atoms with Crippen LogP contribution in [-0.2, 0) is 16.3 Å². The van der Waals surface area contributed by atoms with Crippen LogP contribution >= 0.6 is 11.8 Å². The molecule has 0 unspecified atom stereocenters. The zero-order chi connectivity index (χ0) is 35.7. The molecule has 4 rings (SSSR count). The summed E-state index contributed by atoms with van der Waals surface area (Å²) >= 11 is 1.50. The lowest BCUT2D eigenvalue weighted by Gasteiger charge is -2.26. The zero-order valence-electron chi connectivity index (χ0n) is 29.6. The van der Waals surface area contributed by atoms with Gasteiger partial charge in [-0.3, -0.25) is 9.36 Å². The molecule has 0 aliphatic rings. The van der Waals surface area contributed by atoms with Gasteiger partial charge in [0.05, 0.1) is 41.3 Å². The van der Waals surface area contributed by atoms with Gasteiger partial charge in [0.2, 0.25) is 11.9 Å². The molecule has 0 atom stereocenters. The van der Waals surface area contributed by atoms with E-state index in [1.807, 2.05) is 44.1 Å². The van der Waals surface area contributed by atoms with Crippen LogP contribution in [0.5, 0.6) is 5.75 Å². The lowest BCUT2D eigenvalue weighted by molar-refractivity contribution is -0.111. The first-order chi connectivity index (χ1) is 23.3. The summed E-state index contributed by atoms with van der Waals surface area (Å²) in [4.78, 5) is 31.0. The average molecular weight is 707 g/mol. The number of nitrogens with zero attached hydrogens (tertiary/aromatic N) is 6. The molecule has 11 nitrogen and oxygen atoms in total. The molecule has 0 spiro atoms. The highest BCUT2D eigenvalue weighted by atomic mass is 32.2. The summed E-state index contributed by atoms with van der Waals surface area (Å²) < 4.78 is 27.9. The smallest absolute Gasteiger partial charge is 0.247 e. The van der Waals surface area contributed by atoms with Crippen LogP contribution in [0.4, 0.5) is 27.4 Å². The van der Waals surface area contributed by atoms with Crippen molar-refractivity contribution in [2.75, 3.05) is 69.7 Å². The molecule has 0 bridgehead atoms. The molecule has 262 valence electrons. The van der Waals surface area contributed by atoms with Gasteiger partial charge < -0.3 is 29.9 Å². The van der Waals surface area contributed by atoms with Gasteiger partial charge in [-0.25, -0.2) is 19.3 Å². The molecule has 0 radical (unpaired) electrons. The van der Waals surface area contributed by atoms with Gasteiger partial charge in [0.25, 0.3) is 0 Å². The van der Waals surface area contributed by atoms with E-state index in [-0.39, 0.29) is 18.5 Å². The average Bonchev–Trinajstić information content (AvgIpc) is 3.44. The molecule has 0 aliphatic carbocycles. The number of benzene rings is 2. The van der Waals surface area contributed by atoms with E-state index in [2.05, 4.69) is 51.6 Å². The van der Waals surface area contributed by atoms with Crippen LogP contribution in [0.1, 0.15) is 0 Å². The molecule has 2 N–H and O–H groups in total. The number of methoxy groups -OCH3 is 1. The number of rotatable bonds is 17. The van der Waals surface area contributed by atoms with Gasteiger partial charge in [-0.1, -0.05) is 38.0 Å². The number of hydrogen-bond acceptors (Lipinski definition) is 10. The van der Waals surface area contributed by atoms with E-state index >= 15 is 0 Å². The maximum atomic E-state index is 13.9. The molecule has 2 heterocycles. The standard InChI is InChI=1S/C35H47FN8O3SSi/c1-10-31(45)38-27-21-28(30(46-5)22-29(27)43(4)18-17-42(2)3)40-34-37-16-15-26(39-34)33-32(24-11-13-25(36)14-12-24)41-35(48-6)44(33)23-47-19-20-49(7,8)9/h10-16,21-22H,1,17-20,23H2,2-9H3,(H,38,45)(H,37,39,40). The van der Waals surface area contributed by atoms with E-state index in [4.69, 9.17) is 19.4 Å². The lowest BCUT2D eigenvalue weighted by Crippen LogP contribution is -2.29. The first-order valence-corrected chi connectivity index (χ1v) is 20.9. The summed E-state index contributed by atoms with van der Waals surface area (Å²) in [6.07, 6.45) is 4.85. The van der Waals surface area contributed by atoms with Gasteiger partial charge in [-0.15, -0.1) is 0 Å². The Morgan fingerprint density at radius 1 is 1.08 bits per heavy atom. The topological polar surface area (TPSA) is 110 Å². The van der Waals surface area contributed by atoms with Gasteiger partial charge in [-0.2, -0.15) is 0 Å². The van der Waals surface area contributed by atoms with Gasteiger partial charge in [0, 0.05) is 52.6 Å². The molecule has 2 aromatic heterocycles. The molecule has 2 aromatic carbocycles. The molecule has 0 saturated heterocycles. The van der Waals surface area contributed by atoms with Crippen LogP contribution in [0.15, 0.2) is 66.5 Å². The van der Waals surface area contributed by atoms with Crippen molar-refractivity contribution in [2.45, 2.75) is 37.6 Å². The Morgan fingerprint density at radius 2 is 1.82 bits per heavy atom. The number of aromatic nitrogens is 4. The molecular formula is C35H47FN8O3SSi. The van der Waals surface area contributed by atoms with Gasteiger partial charge in [0.1, 0.15) is 18.3 Å². The fourth-order valence-corrected chi connectivity index (χ4v) is 6.19. The SMILES string of the molecule is C=CC(=O)Nc1cc(Nc2nccc(-c3c(-c4ccc(F)cc4)nc(SC)n3COCC[Si](C)(C)C)n2)c(OC)cc1N(C)CCN(C)C. The summed E-state index contributed by atoms with van der Waals surface area (Å²) in [6, 6.07) is 12.8. The second-order valence-corrected chi connectivity index (χ2v) is 19.4. The van der Waals surface area contributed by atoms with E-state index in [9.17, 15) is 9.18 Å². The van der Waals surface area contributed by atoms with Crippen molar-refractivity contribution in [1.82, 2.24) is 24.4 Å². The van der Waals surface area contributed by atoms with E-state index in [1.165, 1.54) is 30.0 Å². The number of carbonyl (C=O) groups excluding carboxylic acids is 1. The van der Waals surface area contributed by atoms with E-state index in [0.717, 1.165) is 41.2 Å². The van der Waals surface area contributed by atoms with E-state index < -0.39 is 8.07 Å². The number of nitrogens with one attached hydrogen (secondary N) is 2. The Labute approximate surface area is 294 Å². The number of likely N-dealkylation sites (N-methyl/N-ethyl adjacent to an activating group) is 2. The first kappa shape index (κ1) is 37.6. The molecule has 14 heteroatoms. The maximum absolute atomic E-state index is 13.9. The number of imidazole rings is 1. The number of carbonyl (C=O) groups is 1. The maximum Gasteiger partial charge on any atom is 0.247 e. The fourth-order valence-electron chi connectivity index (χ4n) is 4.89. The van der Waals surface area contributed by atoms with Crippen LogP contribution in [0, 0.1) is 5.82 Å². The van der Waals surface area contributed by atoms with Crippen molar-refractivity contribution in [2.24, 2.45) is 0 Å². The normalized spacial score (nSPS) is 11.5. The minimum absolute atomic E-state index is 0.278. The van der Waals surface area contributed by atoms with Crippen LogP contribution in [0.3, 0.4) is 0 Å². The van der Waals surface area contributed by atoms with Gasteiger partial charge >= 0.3 is 0 Å². The number of hydrogen-bond donors (Lipinski definition) is 2. The summed E-state index contributed by atoms with van der Waals surface area (Å²) in [5.41, 5.74) is 4.62. The number of ether oxygens (including phenoxy) is 2. The quantitative estimate of drug-likeness (QED) is 0.0513. The van der Waals surface area contributed by atoms with E-state index in [0.29, 0.717) is 41.1 Å². The summed E-state index contributed by atoms with van der Waals surface area (Å²) in [5, 5.41) is 6.96. The third-order valence-corrected chi connectivity index (χ3v) is 10.0. The zero-order valence-corrected chi connectivity index (χ0v) is 31.4. The van der Waals surface area contributed by atoms with Gasteiger partial charge in [0.15, 0.2) is 5.16 Å². The number of halogens is 1. The van der Waals surface area contributed by atoms with E-state index in [1.54, 1.807) is 31.5 Å². The minimum Gasteiger partial charge on any atom is -0.494 e. The summed E-state index contributed by atoms with van der Waals surface area (Å²) in [6.45, 7) is 13.0. The Bertz CT molecular complexity index is 1740. The second-order valence-electron chi connectivity index (χ2n) is 13.0. The van der Waals surface area contributed by atoms with Gasteiger partial charge in [-0.05, 0) is 68.9 Å². The monoisotopic (exact) mass is 706 g/mol. The van der Waals surface area contributed by atoms with Crippen LogP contribution in [-0.4, -0.2) is 92.6 Å². The highest BCUT2D eigenvalue weighted by molar-refractivity contribution is 7.98. The highest BCUT2D eigenvalue weighted by Gasteiger charge is 2.23. The Balaban J connectivity index is 1.77. The van der Waals surface area contributed by atoms with Crippen molar-refractivity contribution in [3.63, 3.8) is 0 Å². The molecule has 1 amide bonds. The van der Waals surface area contributed by atoms with Crippen molar-refractivity contribution in [3.8, 4) is 28.4 Å². The number of amides is 1. The number of thioether (sulfide) groups is 1. The molecular weight excluding hydrogens is 660 g/mol. The third kappa shape index (κ3) is 10.1. The molecule has 4 aromatic rings. The minimum atomic E-state index is -1.30. The van der Waals surface area contributed by atoms with Crippen molar-refractivity contribution in [3.05, 3.63) is 67.1 Å². The van der Waals surface area contributed by atoms with Crippen molar-refractivity contribution >= 4 is 48.8 Å². The first-order valence-electron chi connectivity index (χ1n) is 15.9. The van der Waals surface area contributed by atoms with Crippen LogP contribution < -0.4 is 20.3 Å². The Kier molecular flexibility index (Phi) is 13.0. The Morgan fingerprint density at radius 3 is 2.45 bits per heavy atom. The second kappa shape index (κ2) is 16.9. The van der Waals surface area contributed by atoms with Crippen LogP contribution in [0.25, 0.3) is 22.6 Å². The fraction of sp³-hybridized carbons (Fsp3) is 0.371.